The first kappa shape index (κ1) is 23.6. The first-order valence-corrected chi connectivity index (χ1v) is 12.1. The summed E-state index contributed by atoms with van der Waals surface area (Å²) in [7, 11) is -4.09. The number of ether oxygens (including phenoxy) is 1. The second-order valence-electron chi connectivity index (χ2n) is 6.40. The maximum atomic E-state index is 12.7. The van der Waals surface area contributed by atoms with Crippen molar-refractivity contribution in [3.8, 4) is 11.5 Å². The molecule has 0 saturated heterocycles. The highest BCUT2D eigenvalue weighted by atomic mass is 79.9. The van der Waals surface area contributed by atoms with Crippen molar-refractivity contribution in [2.24, 2.45) is 4.99 Å². The summed E-state index contributed by atoms with van der Waals surface area (Å²) in [6, 6.07) is 14.5. The predicted octanol–water partition coefficient (Wildman–Crippen LogP) is 6.98. The average Bonchev–Trinajstić information content (AvgIpc) is 2.72. The molecule has 0 aromatic heterocycles. The molecule has 9 heteroatoms. The predicted molar refractivity (Wildman–Crippen MR) is 128 cm³/mol. The molecule has 0 aliphatic carbocycles. The van der Waals surface area contributed by atoms with E-state index in [-0.39, 0.29) is 16.4 Å². The zero-order chi connectivity index (χ0) is 22.6. The van der Waals surface area contributed by atoms with Crippen LogP contribution in [0.4, 0.5) is 5.69 Å². The smallest absolute Gasteiger partial charge is 0.339 e. The van der Waals surface area contributed by atoms with Gasteiger partial charge in [-0.3, -0.25) is 4.99 Å². The number of rotatable bonds is 7. The Morgan fingerprint density at radius 3 is 2.48 bits per heavy atom. The maximum Gasteiger partial charge on any atom is 0.339 e. The molecule has 0 N–H and O–H groups in total. The minimum absolute atomic E-state index is 0.0201. The molecule has 0 radical (unpaired) electrons. The fourth-order valence-corrected chi connectivity index (χ4v) is 4.55. The van der Waals surface area contributed by atoms with Gasteiger partial charge in [0.2, 0.25) is 0 Å². The Kier molecular flexibility index (Phi) is 7.64. The van der Waals surface area contributed by atoms with Crippen LogP contribution in [0.15, 0.2) is 69.0 Å². The molecule has 0 aliphatic rings. The van der Waals surface area contributed by atoms with Crippen LogP contribution in [-0.2, 0) is 10.1 Å². The Labute approximate surface area is 199 Å². The van der Waals surface area contributed by atoms with E-state index >= 15 is 0 Å². The third-order valence-electron chi connectivity index (χ3n) is 4.22. The highest BCUT2D eigenvalue weighted by molar-refractivity contribution is 9.10. The van der Waals surface area contributed by atoms with Gasteiger partial charge in [-0.1, -0.05) is 29.3 Å². The Bertz CT molecular complexity index is 1230. The van der Waals surface area contributed by atoms with Crippen molar-refractivity contribution in [2.45, 2.75) is 18.7 Å². The summed E-state index contributed by atoms with van der Waals surface area (Å²) in [6.07, 6.45) is 1.64. The van der Waals surface area contributed by atoms with E-state index in [0.29, 0.717) is 26.7 Å². The molecule has 0 amide bonds. The Morgan fingerprint density at radius 1 is 1.10 bits per heavy atom. The molecular weight excluding hydrogens is 525 g/mol. The SMILES string of the molecule is CCOc1cc(C=Nc2cccc(Cl)c2C)cc(Br)c1OS(=O)(=O)c1ccc(Cl)cc1. The van der Waals surface area contributed by atoms with Gasteiger partial charge in [0.1, 0.15) is 4.90 Å². The van der Waals surface area contributed by atoms with Crippen molar-refractivity contribution in [1.29, 1.82) is 0 Å². The van der Waals surface area contributed by atoms with E-state index in [4.69, 9.17) is 32.1 Å². The first-order valence-electron chi connectivity index (χ1n) is 9.17. The van der Waals surface area contributed by atoms with Gasteiger partial charge in [0, 0.05) is 16.3 Å². The van der Waals surface area contributed by atoms with Gasteiger partial charge in [0.25, 0.3) is 0 Å². The van der Waals surface area contributed by atoms with Gasteiger partial charge in [-0.2, -0.15) is 8.42 Å². The highest BCUT2D eigenvalue weighted by Crippen LogP contribution is 2.38. The molecule has 162 valence electrons. The summed E-state index contributed by atoms with van der Waals surface area (Å²) in [6.45, 7) is 3.99. The largest absolute Gasteiger partial charge is 0.490 e. The van der Waals surface area contributed by atoms with Crippen LogP contribution < -0.4 is 8.92 Å². The number of hydrogen-bond acceptors (Lipinski definition) is 5. The van der Waals surface area contributed by atoms with E-state index in [1.165, 1.54) is 24.3 Å². The quantitative estimate of drug-likeness (QED) is 0.238. The summed E-state index contributed by atoms with van der Waals surface area (Å²) < 4.78 is 36.8. The average molecular weight is 543 g/mol. The van der Waals surface area contributed by atoms with Crippen LogP contribution in [-0.4, -0.2) is 21.2 Å². The molecule has 0 heterocycles. The number of benzene rings is 3. The van der Waals surface area contributed by atoms with Gasteiger partial charge in [-0.25, -0.2) is 0 Å². The lowest BCUT2D eigenvalue weighted by Gasteiger charge is -2.14. The fraction of sp³-hybridized carbons (Fsp3) is 0.136. The van der Waals surface area contributed by atoms with Crippen molar-refractivity contribution >= 4 is 61.2 Å². The van der Waals surface area contributed by atoms with Crippen LogP contribution in [0.1, 0.15) is 18.1 Å². The normalized spacial score (nSPS) is 11.6. The van der Waals surface area contributed by atoms with E-state index in [9.17, 15) is 8.42 Å². The molecule has 0 aliphatic heterocycles. The van der Waals surface area contributed by atoms with E-state index in [2.05, 4.69) is 20.9 Å². The summed E-state index contributed by atoms with van der Waals surface area (Å²) >= 11 is 15.4. The molecule has 0 spiro atoms. The second-order valence-corrected chi connectivity index (χ2v) is 9.64. The van der Waals surface area contributed by atoms with E-state index in [1.54, 1.807) is 31.3 Å². The van der Waals surface area contributed by atoms with E-state index < -0.39 is 10.1 Å². The third-order valence-corrected chi connectivity index (χ3v) is 6.70. The minimum atomic E-state index is -4.09. The van der Waals surface area contributed by atoms with Crippen LogP contribution in [0.3, 0.4) is 0 Å². The topological polar surface area (TPSA) is 65.0 Å². The summed E-state index contributed by atoms with van der Waals surface area (Å²) in [5.41, 5.74) is 2.27. The fourth-order valence-electron chi connectivity index (χ4n) is 2.65. The molecule has 3 aromatic carbocycles. The monoisotopic (exact) mass is 541 g/mol. The molecule has 0 atom stereocenters. The number of hydrogen-bond donors (Lipinski definition) is 0. The summed E-state index contributed by atoms with van der Waals surface area (Å²) in [5, 5.41) is 1.05. The second kappa shape index (κ2) is 10.0. The zero-order valence-corrected chi connectivity index (χ0v) is 20.5. The van der Waals surface area contributed by atoms with Crippen molar-refractivity contribution in [3.63, 3.8) is 0 Å². The van der Waals surface area contributed by atoms with Gasteiger partial charge < -0.3 is 8.92 Å². The van der Waals surface area contributed by atoms with Crippen molar-refractivity contribution in [2.75, 3.05) is 6.61 Å². The standard InChI is InChI=1S/C22H18BrCl2NO4S/c1-3-29-21-12-15(13-26-20-6-4-5-19(25)14(20)2)11-18(23)22(21)30-31(27,28)17-9-7-16(24)8-10-17/h4-13H,3H2,1-2H3. The van der Waals surface area contributed by atoms with Crippen LogP contribution in [0.25, 0.3) is 0 Å². The molecule has 5 nitrogen and oxygen atoms in total. The molecule has 0 unspecified atom stereocenters. The molecule has 3 rings (SSSR count). The molecule has 3 aromatic rings. The van der Waals surface area contributed by atoms with Gasteiger partial charge >= 0.3 is 10.1 Å². The van der Waals surface area contributed by atoms with Crippen LogP contribution in [0.5, 0.6) is 11.5 Å². The molecule has 0 fully saturated rings. The number of nitrogens with zero attached hydrogens (tertiary/aromatic N) is 1. The lowest BCUT2D eigenvalue weighted by atomic mass is 10.2. The Morgan fingerprint density at radius 2 is 1.81 bits per heavy atom. The highest BCUT2D eigenvalue weighted by Gasteiger charge is 2.22. The lowest BCUT2D eigenvalue weighted by Crippen LogP contribution is -2.11. The zero-order valence-electron chi connectivity index (χ0n) is 16.6. The van der Waals surface area contributed by atoms with Gasteiger partial charge in [0.15, 0.2) is 11.5 Å². The third kappa shape index (κ3) is 5.80. The lowest BCUT2D eigenvalue weighted by molar-refractivity contribution is 0.327. The van der Waals surface area contributed by atoms with Crippen molar-refractivity contribution < 1.29 is 17.3 Å². The van der Waals surface area contributed by atoms with Crippen LogP contribution in [0.2, 0.25) is 10.0 Å². The van der Waals surface area contributed by atoms with Gasteiger partial charge in [0.05, 0.1) is 16.8 Å². The number of aliphatic imine (C=N–C) groups is 1. The van der Waals surface area contributed by atoms with E-state index in [1.807, 2.05) is 19.1 Å². The molecule has 0 bridgehead atoms. The molecule has 0 saturated carbocycles. The first-order chi connectivity index (χ1) is 14.7. The summed E-state index contributed by atoms with van der Waals surface area (Å²) in [4.78, 5) is 4.46. The Hall–Kier alpha value is -2.06. The molecule has 31 heavy (non-hydrogen) atoms. The maximum absolute atomic E-state index is 12.7. The van der Waals surface area contributed by atoms with Crippen molar-refractivity contribution in [1.82, 2.24) is 0 Å². The van der Waals surface area contributed by atoms with Gasteiger partial charge in [-0.05, 0) is 89.4 Å². The van der Waals surface area contributed by atoms with E-state index in [0.717, 1.165) is 11.3 Å². The molecular formula is C22H18BrCl2NO4S. The van der Waals surface area contributed by atoms with Crippen LogP contribution >= 0.6 is 39.1 Å². The van der Waals surface area contributed by atoms with Crippen molar-refractivity contribution in [3.05, 3.63) is 80.2 Å². The number of halogens is 3. The minimum Gasteiger partial charge on any atom is -0.490 e. The van der Waals surface area contributed by atoms with Gasteiger partial charge in [-0.15, -0.1) is 0 Å². The Balaban J connectivity index is 1.96. The summed E-state index contributed by atoms with van der Waals surface area (Å²) in [5.74, 6) is 0.312. The van der Waals surface area contributed by atoms with Crippen LogP contribution in [0, 0.1) is 6.92 Å².